The second-order valence-electron chi connectivity index (χ2n) is 34.0. The summed E-state index contributed by atoms with van der Waals surface area (Å²) in [5, 5.41) is 29.4. The summed E-state index contributed by atoms with van der Waals surface area (Å²) in [6.07, 6.45) is 0. The van der Waals surface area contributed by atoms with Crippen LogP contribution in [0.5, 0.6) is 0 Å². The highest BCUT2D eigenvalue weighted by Gasteiger charge is 2.26. The van der Waals surface area contributed by atoms with Crippen LogP contribution >= 0.6 is 0 Å². The monoisotopic (exact) mass is 1680 g/mol. The van der Waals surface area contributed by atoms with E-state index in [1.54, 1.807) is 0 Å². The van der Waals surface area contributed by atoms with Crippen LogP contribution in [0.25, 0.3) is 263 Å². The number of rotatable bonds is 8. The molecule has 28 aromatic rings. The summed E-state index contributed by atoms with van der Waals surface area (Å²) in [4.78, 5) is 0. The van der Waals surface area contributed by atoms with E-state index in [-0.39, 0.29) is 0 Å². The molecule has 616 valence electrons. The predicted octanol–water partition coefficient (Wildman–Crippen LogP) is 36.9. The molecule has 132 heavy (non-hydrogen) atoms. The summed E-state index contributed by atoms with van der Waals surface area (Å²) >= 11 is 0. The van der Waals surface area contributed by atoms with Gasteiger partial charge >= 0.3 is 0 Å². The van der Waals surface area contributed by atoms with Gasteiger partial charge in [0, 0.05) is 54.2 Å². The minimum absolute atomic E-state index is 0.925. The van der Waals surface area contributed by atoms with E-state index in [0.717, 1.165) is 87.9 Å². The van der Waals surface area contributed by atoms with Crippen molar-refractivity contribution in [3.05, 3.63) is 485 Å². The molecule has 28 rings (SSSR count). The van der Waals surface area contributed by atoms with Crippen molar-refractivity contribution in [2.45, 2.75) is 0 Å². The molecule has 0 fully saturated rings. The van der Waals surface area contributed by atoms with Gasteiger partial charge in [-0.05, 0) is 219 Å². The van der Waals surface area contributed by atoms with Gasteiger partial charge in [0.05, 0.1) is 0 Å². The van der Waals surface area contributed by atoms with Gasteiger partial charge in [-0.25, -0.2) is 0 Å². The third kappa shape index (κ3) is 13.0. The summed E-state index contributed by atoms with van der Waals surface area (Å²) in [6, 6.07) is 172. The molecule has 0 amide bonds. The molecule has 4 aromatic heterocycles. The average Bonchev–Trinajstić information content (AvgIpc) is 1.37. The first-order chi connectivity index (χ1) is 65.6. The molecular formula is C128H80O4. The SMILES string of the molecule is c1ccc(-c2c3ccccc3c(-c3ccc4c(c3)oc3ccccc34)c3ccccc23)cc1.c1ccc(-c2c3ccccc3c(-c3ccc4oc5ccccc5c4c3)c3ccccc23)cc1.c1ccc(-c2c3ccccc3c(-c3cccc4c3oc3ccccc34)c3ccccc23)cc1.c1ccc(-c2c3ccccc3c(-c3cccc4oc5ccccc5c34)c3ccccc23)cc1. The number of fused-ring (bicyclic) bond motifs is 20. The molecule has 0 spiro atoms. The third-order valence-corrected chi connectivity index (χ3v) is 26.7. The lowest BCUT2D eigenvalue weighted by atomic mass is 9.85. The van der Waals surface area contributed by atoms with Gasteiger partial charge in [-0.15, -0.1) is 0 Å². The summed E-state index contributed by atoms with van der Waals surface area (Å²) in [5.74, 6) is 0. The molecule has 0 aliphatic carbocycles. The Labute approximate surface area is 760 Å². The lowest BCUT2D eigenvalue weighted by Gasteiger charge is -2.18. The number of hydrogen-bond acceptors (Lipinski definition) is 4. The Morgan fingerprint density at radius 1 is 0.106 bits per heavy atom. The zero-order valence-corrected chi connectivity index (χ0v) is 71.8. The van der Waals surface area contributed by atoms with Crippen LogP contribution in [-0.4, -0.2) is 0 Å². The van der Waals surface area contributed by atoms with Gasteiger partial charge in [-0.1, -0.05) is 431 Å². The molecule has 0 unspecified atom stereocenters. The van der Waals surface area contributed by atoms with E-state index in [9.17, 15) is 0 Å². The molecule has 0 saturated heterocycles. The van der Waals surface area contributed by atoms with Gasteiger partial charge in [0.15, 0.2) is 0 Å². The van der Waals surface area contributed by atoms with E-state index < -0.39 is 0 Å². The van der Waals surface area contributed by atoms with E-state index in [0.29, 0.717) is 0 Å². The van der Waals surface area contributed by atoms with Crippen LogP contribution in [0.1, 0.15) is 0 Å². The lowest BCUT2D eigenvalue weighted by molar-refractivity contribution is 0.668. The highest BCUT2D eigenvalue weighted by Crippen LogP contribution is 2.52. The van der Waals surface area contributed by atoms with Gasteiger partial charge in [0.1, 0.15) is 44.7 Å². The minimum atomic E-state index is 0.925. The van der Waals surface area contributed by atoms with E-state index in [4.69, 9.17) is 17.7 Å². The lowest BCUT2D eigenvalue weighted by Crippen LogP contribution is -1.91. The molecule has 0 bridgehead atoms. The first-order valence-electron chi connectivity index (χ1n) is 45.2. The molecular weight excluding hydrogens is 1600 g/mol. The van der Waals surface area contributed by atoms with E-state index in [2.05, 4.69) is 437 Å². The summed E-state index contributed by atoms with van der Waals surface area (Å²) in [5.41, 5.74) is 27.3. The van der Waals surface area contributed by atoms with Gasteiger partial charge in [-0.3, -0.25) is 0 Å². The van der Waals surface area contributed by atoms with Crippen molar-refractivity contribution in [2.24, 2.45) is 0 Å². The average molecular weight is 1680 g/mol. The van der Waals surface area contributed by atoms with E-state index in [1.807, 2.05) is 48.5 Å². The van der Waals surface area contributed by atoms with E-state index >= 15 is 0 Å². The van der Waals surface area contributed by atoms with Gasteiger partial charge < -0.3 is 17.7 Å². The largest absolute Gasteiger partial charge is 0.456 e. The molecule has 24 aromatic carbocycles. The second kappa shape index (κ2) is 32.5. The highest BCUT2D eigenvalue weighted by molar-refractivity contribution is 6.29. The quantitative estimate of drug-likeness (QED) is 0.142. The van der Waals surface area contributed by atoms with Gasteiger partial charge in [0.25, 0.3) is 0 Å². The maximum Gasteiger partial charge on any atom is 0.143 e. The molecule has 0 radical (unpaired) electrons. The van der Waals surface area contributed by atoms with Crippen LogP contribution in [0.2, 0.25) is 0 Å². The minimum Gasteiger partial charge on any atom is -0.456 e. The summed E-state index contributed by atoms with van der Waals surface area (Å²) in [6.45, 7) is 0. The fourth-order valence-corrected chi connectivity index (χ4v) is 21.1. The highest BCUT2D eigenvalue weighted by atomic mass is 16.3. The molecule has 0 aliphatic rings. The number of para-hydroxylation sites is 5. The van der Waals surface area contributed by atoms with Gasteiger partial charge in [0.2, 0.25) is 0 Å². The van der Waals surface area contributed by atoms with Crippen molar-refractivity contribution in [2.75, 3.05) is 0 Å². The van der Waals surface area contributed by atoms with Crippen molar-refractivity contribution in [3.8, 4) is 89.0 Å². The Hall–Kier alpha value is -17.4. The van der Waals surface area contributed by atoms with Crippen LogP contribution in [0.15, 0.2) is 503 Å². The zero-order chi connectivity index (χ0) is 87.1. The van der Waals surface area contributed by atoms with Crippen LogP contribution < -0.4 is 0 Å². The Morgan fingerprint density at radius 3 is 0.720 bits per heavy atom. The number of furan rings is 4. The standard InChI is InChI=1S/4C32H20O/c1-2-11-21(12-3-1)30-23-14-4-6-16-25(23)31(26-17-7-5-15-24(26)30)28-19-10-18-27-22-13-8-9-20-29(22)33-32(27)28;1-2-11-21(12-3-1)30-22-13-4-6-15-24(22)31(25-16-7-5-14-23(25)30)27-18-10-20-29-32(27)26-17-8-9-19-28(26)33-29;1-2-10-21(11-3-1)31-25-13-4-6-15-27(25)32(28-16-7-5-14-26(28)31)22-18-19-24-23-12-8-9-17-29(23)33-30(24)20-22;1-2-10-21(11-3-1)31-24-13-4-6-15-26(24)32(27-16-7-5-14-25(27)31)22-18-19-30-28(20-22)23-12-8-9-17-29(23)33-30/h4*1-20H. The normalized spacial score (nSPS) is 11.6. The molecule has 4 heterocycles. The van der Waals surface area contributed by atoms with Crippen molar-refractivity contribution in [1.82, 2.24) is 0 Å². The Morgan fingerprint density at radius 2 is 0.333 bits per heavy atom. The molecule has 0 N–H and O–H groups in total. The van der Waals surface area contributed by atoms with Crippen LogP contribution in [0.4, 0.5) is 0 Å². The smallest absolute Gasteiger partial charge is 0.143 e. The first kappa shape index (κ1) is 76.9. The fraction of sp³-hybridized carbons (Fsp3) is 0. The van der Waals surface area contributed by atoms with Crippen LogP contribution in [0.3, 0.4) is 0 Å². The molecule has 0 saturated carbocycles. The molecule has 0 aliphatic heterocycles. The predicted molar refractivity (Wildman–Crippen MR) is 558 cm³/mol. The topological polar surface area (TPSA) is 52.6 Å². The summed E-state index contributed by atoms with van der Waals surface area (Å²) in [7, 11) is 0. The van der Waals surface area contributed by atoms with Crippen LogP contribution in [0, 0.1) is 0 Å². The maximum absolute atomic E-state index is 6.45. The first-order valence-corrected chi connectivity index (χ1v) is 45.2. The van der Waals surface area contributed by atoms with Crippen LogP contribution in [-0.2, 0) is 0 Å². The fourth-order valence-electron chi connectivity index (χ4n) is 21.1. The van der Waals surface area contributed by atoms with Crippen molar-refractivity contribution in [1.29, 1.82) is 0 Å². The van der Waals surface area contributed by atoms with Crippen molar-refractivity contribution >= 4 is 174 Å². The molecule has 4 nitrogen and oxygen atoms in total. The Kier molecular flexibility index (Phi) is 18.9. The van der Waals surface area contributed by atoms with Crippen molar-refractivity contribution < 1.29 is 17.7 Å². The number of benzene rings is 24. The Balaban J connectivity index is 0.0000000945. The third-order valence-electron chi connectivity index (χ3n) is 26.7. The second-order valence-corrected chi connectivity index (χ2v) is 34.0. The van der Waals surface area contributed by atoms with Gasteiger partial charge in [-0.2, -0.15) is 0 Å². The Bertz CT molecular complexity index is 9120. The molecule has 0 atom stereocenters. The molecule has 4 heteroatoms. The zero-order valence-electron chi connectivity index (χ0n) is 71.8. The summed E-state index contributed by atoms with van der Waals surface area (Å²) < 4.78 is 25.0. The van der Waals surface area contributed by atoms with E-state index in [1.165, 1.54) is 175 Å². The maximum atomic E-state index is 6.45. The van der Waals surface area contributed by atoms with Crippen molar-refractivity contribution in [3.63, 3.8) is 0 Å². The number of hydrogen-bond donors (Lipinski definition) is 0.